The summed E-state index contributed by atoms with van der Waals surface area (Å²) in [4.78, 5) is 19.8. The standard InChI is InChI=1S/C9H13N5O3/c10-3-8-6-13(1-2-17-8)9-11-4-7(5-12-9)14(15)16/h4-5,8H,1-3,6,10H2. The van der Waals surface area contributed by atoms with Gasteiger partial charge in [0, 0.05) is 19.6 Å². The van der Waals surface area contributed by atoms with Crippen molar-refractivity contribution in [2.45, 2.75) is 6.10 Å². The van der Waals surface area contributed by atoms with Gasteiger partial charge in [0.15, 0.2) is 0 Å². The number of hydrogen-bond donors (Lipinski definition) is 1. The highest BCUT2D eigenvalue weighted by molar-refractivity contribution is 5.34. The Kier molecular flexibility index (Phi) is 3.45. The second kappa shape index (κ2) is 5.02. The average molecular weight is 239 g/mol. The molecule has 0 spiro atoms. The van der Waals surface area contributed by atoms with Gasteiger partial charge >= 0.3 is 5.69 Å². The molecule has 1 atom stereocenters. The van der Waals surface area contributed by atoms with Crippen LogP contribution in [0.4, 0.5) is 11.6 Å². The average Bonchev–Trinajstić information content (AvgIpc) is 2.39. The second-order valence-electron chi connectivity index (χ2n) is 3.67. The zero-order valence-corrected chi connectivity index (χ0v) is 9.15. The number of nitro groups is 1. The van der Waals surface area contributed by atoms with E-state index in [1.807, 2.05) is 4.90 Å². The molecule has 0 bridgehead atoms. The molecule has 0 aliphatic carbocycles. The summed E-state index contributed by atoms with van der Waals surface area (Å²) in [6, 6.07) is 0. The smallest absolute Gasteiger partial charge is 0.305 e. The molecule has 1 aliphatic rings. The minimum atomic E-state index is -0.522. The maximum atomic E-state index is 10.5. The van der Waals surface area contributed by atoms with Crippen LogP contribution in [0.5, 0.6) is 0 Å². The lowest BCUT2D eigenvalue weighted by Gasteiger charge is -2.32. The van der Waals surface area contributed by atoms with Gasteiger partial charge in [-0.25, -0.2) is 9.97 Å². The summed E-state index contributed by atoms with van der Waals surface area (Å²) < 4.78 is 5.41. The first-order chi connectivity index (χ1) is 8.20. The van der Waals surface area contributed by atoms with Crippen molar-refractivity contribution in [1.29, 1.82) is 0 Å². The molecular weight excluding hydrogens is 226 g/mol. The van der Waals surface area contributed by atoms with E-state index in [-0.39, 0.29) is 11.8 Å². The van der Waals surface area contributed by atoms with Gasteiger partial charge in [-0.3, -0.25) is 10.1 Å². The van der Waals surface area contributed by atoms with Gasteiger partial charge in [0.25, 0.3) is 0 Å². The molecule has 8 heteroatoms. The largest absolute Gasteiger partial charge is 0.373 e. The highest BCUT2D eigenvalue weighted by atomic mass is 16.6. The molecule has 0 aromatic carbocycles. The lowest BCUT2D eigenvalue weighted by atomic mass is 10.3. The third kappa shape index (κ3) is 2.66. The Labute approximate surface area is 97.6 Å². The van der Waals surface area contributed by atoms with E-state index in [9.17, 15) is 10.1 Å². The van der Waals surface area contributed by atoms with Crippen LogP contribution in [-0.2, 0) is 4.74 Å². The van der Waals surface area contributed by atoms with Crippen molar-refractivity contribution in [1.82, 2.24) is 9.97 Å². The van der Waals surface area contributed by atoms with Gasteiger partial charge in [0.05, 0.1) is 17.6 Å². The zero-order valence-electron chi connectivity index (χ0n) is 9.15. The molecule has 0 saturated carbocycles. The second-order valence-corrected chi connectivity index (χ2v) is 3.67. The van der Waals surface area contributed by atoms with Crippen LogP contribution in [0.2, 0.25) is 0 Å². The number of aromatic nitrogens is 2. The minimum absolute atomic E-state index is 0.0393. The van der Waals surface area contributed by atoms with Crippen molar-refractivity contribution in [2.24, 2.45) is 5.73 Å². The monoisotopic (exact) mass is 239 g/mol. The molecule has 0 radical (unpaired) electrons. The number of rotatable bonds is 3. The fourth-order valence-corrected chi connectivity index (χ4v) is 1.62. The van der Waals surface area contributed by atoms with Gasteiger partial charge in [0.1, 0.15) is 12.4 Å². The Morgan fingerprint density at radius 3 is 2.88 bits per heavy atom. The first-order valence-electron chi connectivity index (χ1n) is 5.23. The molecule has 2 heterocycles. The minimum Gasteiger partial charge on any atom is -0.373 e. The van der Waals surface area contributed by atoms with Crippen LogP contribution in [0.1, 0.15) is 0 Å². The molecule has 1 unspecified atom stereocenters. The lowest BCUT2D eigenvalue weighted by molar-refractivity contribution is -0.385. The van der Waals surface area contributed by atoms with Crippen LogP contribution >= 0.6 is 0 Å². The first-order valence-corrected chi connectivity index (χ1v) is 5.23. The number of ether oxygens (including phenoxy) is 1. The SMILES string of the molecule is NCC1CN(c2ncc([N+](=O)[O-])cn2)CCO1. The van der Waals surface area contributed by atoms with E-state index in [2.05, 4.69) is 9.97 Å². The van der Waals surface area contributed by atoms with E-state index >= 15 is 0 Å². The molecule has 8 nitrogen and oxygen atoms in total. The van der Waals surface area contributed by atoms with Crippen molar-refractivity contribution in [2.75, 3.05) is 31.1 Å². The number of nitrogens with zero attached hydrogens (tertiary/aromatic N) is 4. The lowest BCUT2D eigenvalue weighted by Crippen LogP contribution is -2.46. The van der Waals surface area contributed by atoms with Gasteiger partial charge in [-0.15, -0.1) is 0 Å². The van der Waals surface area contributed by atoms with Gasteiger partial charge < -0.3 is 15.4 Å². The Hall–Kier alpha value is -1.80. The van der Waals surface area contributed by atoms with Crippen LogP contribution in [0.3, 0.4) is 0 Å². The molecule has 1 aromatic rings. The normalized spacial score (nSPS) is 20.3. The van der Waals surface area contributed by atoms with E-state index in [4.69, 9.17) is 10.5 Å². The molecule has 1 aliphatic heterocycles. The summed E-state index contributed by atoms with van der Waals surface area (Å²) in [7, 11) is 0. The van der Waals surface area contributed by atoms with Crippen LogP contribution < -0.4 is 10.6 Å². The van der Waals surface area contributed by atoms with E-state index in [1.165, 1.54) is 12.4 Å². The summed E-state index contributed by atoms with van der Waals surface area (Å²) in [6.45, 7) is 2.26. The van der Waals surface area contributed by atoms with Crippen LogP contribution in [0.25, 0.3) is 0 Å². The maximum Gasteiger partial charge on any atom is 0.305 e. The van der Waals surface area contributed by atoms with Gasteiger partial charge in [-0.05, 0) is 0 Å². The summed E-state index contributed by atoms with van der Waals surface area (Å²) in [5.74, 6) is 0.470. The fourth-order valence-electron chi connectivity index (χ4n) is 1.62. The number of nitrogens with two attached hydrogens (primary N) is 1. The summed E-state index contributed by atoms with van der Waals surface area (Å²) in [5.41, 5.74) is 5.41. The van der Waals surface area contributed by atoms with Crippen molar-refractivity contribution in [3.63, 3.8) is 0 Å². The Bertz CT molecular complexity index is 396. The van der Waals surface area contributed by atoms with E-state index < -0.39 is 4.92 Å². The quantitative estimate of drug-likeness (QED) is 0.562. The Morgan fingerprint density at radius 2 is 2.29 bits per heavy atom. The molecule has 92 valence electrons. The van der Waals surface area contributed by atoms with Gasteiger partial charge in [-0.2, -0.15) is 0 Å². The summed E-state index contributed by atoms with van der Waals surface area (Å²) in [6.07, 6.45) is 2.37. The van der Waals surface area contributed by atoms with E-state index in [1.54, 1.807) is 0 Å². The third-order valence-electron chi connectivity index (χ3n) is 2.52. The highest BCUT2D eigenvalue weighted by Crippen LogP contribution is 2.14. The molecule has 1 aromatic heterocycles. The number of anilines is 1. The molecule has 0 amide bonds. The first kappa shape index (κ1) is 11.7. The molecule has 1 fully saturated rings. The molecule has 1 saturated heterocycles. The van der Waals surface area contributed by atoms with Crippen LogP contribution in [0, 0.1) is 10.1 Å². The topological polar surface area (TPSA) is 107 Å². The van der Waals surface area contributed by atoms with E-state index in [0.717, 1.165) is 0 Å². The molecule has 2 N–H and O–H groups in total. The van der Waals surface area contributed by atoms with Crippen molar-refractivity contribution in [3.8, 4) is 0 Å². The van der Waals surface area contributed by atoms with Gasteiger partial charge in [0.2, 0.25) is 5.95 Å². The van der Waals surface area contributed by atoms with Crippen molar-refractivity contribution < 1.29 is 9.66 Å². The molecule has 17 heavy (non-hydrogen) atoms. The third-order valence-corrected chi connectivity index (χ3v) is 2.52. The van der Waals surface area contributed by atoms with Crippen LogP contribution in [-0.4, -0.2) is 47.2 Å². The summed E-state index contributed by atoms with van der Waals surface area (Å²) >= 11 is 0. The predicted molar refractivity (Wildman–Crippen MR) is 59.7 cm³/mol. The Balaban J connectivity index is 2.08. The maximum absolute atomic E-state index is 10.5. The van der Waals surface area contributed by atoms with Crippen molar-refractivity contribution in [3.05, 3.63) is 22.5 Å². The number of hydrogen-bond acceptors (Lipinski definition) is 7. The zero-order chi connectivity index (χ0) is 12.3. The molecular formula is C9H13N5O3. The molecule has 2 rings (SSSR count). The number of morpholine rings is 1. The predicted octanol–water partition coefficient (Wildman–Crippen LogP) is -0.451. The van der Waals surface area contributed by atoms with Gasteiger partial charge in [-0.1, -0.05) is 0 Å². The van der Waals surface area contributed by atoms with Crippen molar-refractivity contribution >= 4 is 11.6 Å². The highest BCUT2D eigenvalue weighted by Gasteiger charge is 2.21. The fraction of sp³-hybridized carbons (Fsp3) is 0.556. The summed E-state index contributed by atoms with van der Waals surface area (Å²) in [5, 5.41) is 10.5. The Morgan fingerprint density at radius 1 is 1.59 bits per heavy atom. The van der Waals surface area contributed by atoms with Crippen LogP contribution in [0.15, 0.2) is 12.4 Å². The van der Waals surface area contributed by atoms with E-state index in [0.29, 0.717) is 32.2 Å².